The van der Waals surface area contributed by atoms with Crippen molar-refractivity contribution in [3.8, 4) is 6.07 Å². The number of allylic oxidation sites excluding steroid dienone is 1. The van der Waals surface area contributed by atoms with Gasteiger partial charge in [-0.25, -0.2) is 13.1 Å². The molecular weight excluding hydrogens is 272 g/mol. The SMILES string of the molecule is Cc1ccc(C#N)cc1S(=O)(=O)NCCC1=CCCC1. The Bertz CT molecular complexity index is 670. The third-order valence-corrected chi connectivity index (χ3v) is 5.08. The molecule has 0 radical (unpaired) electrons. The summed E-state index contributed by atoms with van der Waals surface area (Å²) in [5.41, 5.74) is 2.33. The molecule has 0 unspecified atom stereocenters. The van der Waals surface area contributed by atoms with Gasteiger partial charge in [-0.2, -0.15) is 5.26 Å². The molecule has 0 amide bonds. The second-order valence-electron chi connectivity index (χ2n) is 4.99. The Labute approximate surface area is 120 Å². The van der Waals surface area contributed by atoms with E-state index in [0.717, 1.165) is 19.3 Å². The average molecular weight is 290 g/mol. The summed E-state index contributed by atoms with van der Waals surface area (Å²) in [6, 6.07) is 6.67. The Hall–Kier alpha value is -1.64. The number of hydrogen-bond donors (Lipinski definition) is 1. The zero-order valence-corrected chi connectivity index (χ0v) is 12.3. The molecule has 0 aromatic heterocycles. The van der Waals surface area contributed by atoms with Gasteiger partial charge >= 0.3 is 0 Å². The maximum atomic E-state index is 12.3. The lowest BCUT2D eigenvalue weighted by atomic mass is 10.2. The fourth-order valence-electron chi connectivity index (χ4n) is 2.35. The summed E-state index contributed by atoms with van der Waals surface area (Å²) in [5.74, 6) is 0. The molecule has 20 heavy (non-hydrogen) atoms. The van der Waals surface area contributed by atoms with Crippen molar-refractivity contribution >= 4 is 10.0 Å². The minimum Gasteiger partial charge on any atom is -0.211 e. The van der Waals surface area contributed by atoms with Crippen LogP contribution in [0, 0.1) is 18.3 Å². The molecule has 2 rings (SSSR count). The van der Waals surface area contributed by atoms with Gasteiger partial charge in [-0.1, -0.05) is 17.7 Å². The lowest BCUT2D eigenvalue weighted by Crippen LogP contribution is -2.25. The molecule has 0 bridgehead atoms. The van der Waals surface area contributed by atoms with Crippen molar-refractivity contribution in [1.29, 1.82) is 5.26 Å². The first-order chi connectivity index (χ1) is 9.53. The molecule has 1 aromatic carbocycles. The smallest absolute Gasteiger partial charge is 0.211 e. The number of nitrogens with one attached hydrogen (secondary N) is 1. The summed E-state index contributed by atoms with van der Waals surface area (Å²) in [6.07, 6.45) is 6.30. The van der Waals surface area contributed by atoms with Crippen molar-refractivity contribution < 1.29 is 8.42 Å². The van der Waals surface area contributed by atoms with Crippen LogP contribution in [0.3, 0.4) is 0 Å². The Balaban J connectivity index is 2.08. The molecule has 5 heteroatoms. The van der Waals surface area contributed by atoms with Crippen molar-refractivity contribution in [2.75, 3.05) is 6.54 Å². The highest BCUT2D eigenvalue weighted by atomic mass is 32.2. The predicted molar refractivity (Wildman–Crippen MR) is 77.6 cm³/mol. The average Bonchev–Trinajstić information content (AvgIpc) is 2.92. The van der Waals surface area contributed by atoms with Crippen LogP contribution >= 0.6 is 0 Å². The van der Waals surface area contributed by atoms with Crippen molar-refractivity contribution in [2.45, 2.75) is 37.5 Å². The van der Waals surface area contributed by atoms with Crippen LogP contribution in [0.4, 0.5) is 0 Å². The summed E-state index contributed by atoms with van der Waals surface area (Å²) in [4.78, 5) is 0.192. The molecule has 0 saturated heterocycles. The lowest BCUT2D eigenvalue weighted by molar-refractivity contribution is 0.580. The quantitative estimate of drug-likeness (QED) is 0.847. The topological polar surface area (TPSA) is 70.0 Å². The van der Waals surface area contributed by atoms with Crippen LogP contribution in [-0.2, 0) is 10.0 Å². The second kappa shape index (κ2) is 6.21. The van der Waals surface area contributed by atoms with Gasteiger partial charge in [-0.05, 0) is 50.3 Å². The van der Waals surface area contributed by atoms with Gasteiger partial charge in [0.05, 0.1) is 16.5 Å². The predicted octanol–water partition coefficient (Wildman–Crippen LogP) is 2.65. The molecular formula is C15H18N2O2S. The van der Waals surface area contributed by atoms with E-state index in [1.807, 2.05) is 6.07 Å². The van der Waals surface area contributed by atoms with E-state index < -0.39 is 10.0 Å². The van der Waals surface area contributed by atoms with Gasteiger partial charge in [0, 0.05) is 6.54 Å². The fourth-order valence-corrected chi connectivity index (χ4v) is 3.65. The Kier molecular flexibility index (Phi) is 4.58. The van der Waals surface area contributed by atoms with Gasteiger partial charge in [0.25, 0.3) is 0 Å². The van der Waals surface area contributed by atoms with Gasteiger partial charge in [-0.15, -0.1) is 0 Å². The van der Waals surface area contributed by atoms with E-state index in [9.17, 15) is 8.42 Å². The van der Waals surface area contributed by atoms with Gasteiger partial charge in [0.15, 0.2) is 0 Å². The van der Waals surface area contributed by atoms with E-state index in [-0.39, 0.29) is 4.90 Å². The number of rotatable bonds is 5. The first-order valence-electron chi connectivity index (χ1n) is 6.71. The number of sulfonamides is 1. The molecule has 106 valence electrons. The minimum absolute atomic E-state index is 0.192. The zero-order valence-electron chi connectivity index (χ0n) is 11.5. The molecule has 0 heterocycles. The van der Waals surface area contributed by atoms with Crippen molar-refractivity contribution in [3.63, 3.8) is 0 Å². The van der Waals surface area contributed by atoms with Crippen LogP contribution in [-0.4, -0.2) is 15.0 Å². The summed E-state index contributed by atoms with van der Waals surface area (Å²) in [6.45, 7) is 2.14. The van der Waals surface area contributed by atoms with Gasteiger partial charge in [0.1, 0.15) is 0 Å². The molecule has 1 aliphatic carbocycles. The van der Waals surface area contributed by atoms with E-state index in [2.05, 4.69) is 10.8 Å². The number of benzene rings is 1. The highest BCUT2D eigenvalue weighted by molar-refractivity contribution is 7.89. The third kappa shape index (κ3) is 3.47. The molecule has 0 fully saturated rings. The van der Waals surface area contributed by atoms with Crippen LogP contribution in [0.5, 0.6) is 0 Å². The molecule has 0 saturated carbocycles. The standard InChI is InChI=1S/C15H18N2O2S/c1-12-6-7-14(11-16)10-15(12)20(18,19)17-9-8-13-4-2-3-5-13/h4,6-7,10,17H,2-3,5,8-9H2,1H3. The molecule has 1 aromatic rings. The fraction of sp³-hybridized carbons (Fsp3) is 0.400. The summed E-state index contributed by atoms with van der Waals surface area (Å²) < 4.78 is 27.1. The van der Waals surface area contributed by atoms with E-state index in [4.69, 9.17) is 5.26 Å². The Morgan fingerprint density at radius 3 is 2.85 bits per heavy atom. The number of nitrogens with zero attached hydrogens (tertiary/aromatic N) is 1. The summed E-state index contributed by atoms with van der Waals surface area (Å²) in [7, 11) is -3.54. The number of hydrogen-bond acceptors (Lipinski definition) is 3. The van der Waals surface area contributed by atoms with Crippen molar-refractivity contribution in [2.24, 2.45) is 0 Å². The third-order valence-electron chi connectivity index (χ3n) is 3.48. The summed E-state index contributed by atoms with van der Waals surface area (Å²) in [5, 5.41) is 8.87. The normalized spacial score (nSPS) is 14.9. The monoisotopic (exact) mass is 290 g/mol. The zero-order chi connectivity index (χ0) is 14.6. The molecule has 0 atom stereocenters. The second-order valence-corrected chi connectivity index (χ2v) is 6.73. The summed E-state index contributed by atoms with van der Waals surface area (Å²) >= 11 is 0. The van der Waals surface area contributed by atoms with Gasteiger partial charge in [-0.3, -0.25) is 0 Å². The highest BCUT2D eigenvalue weighted by Crippen LogP contribution is 2.21. The van der Waals surface area contributed by atoms with Gasteiger partial charge in [0.2, 0.25) is 10.0 Å². The van der Waals surface area contributed by atoms with Crippen LogP contribution in [0.25, 0.3) is 0 Å². The largest absolute Gasteiger partial charge is 0.240 e. The maximum Gasteiger partial charge on any atom is 0.240 e. The van der Waals surface area contributed by atoms with Crippen LogP contribution in [0.2, 0.25) is 0 Å². The van der Waals surface area contributed by atoms with Crippen molar-refractivity contribution in [3.05, 3.63) is 41.0 Å². The lowest BCUT2D eigenvalue weighted by Gasteiger charge is -2.10. The van der Waals surface area contributed by atoms with Crippen LogP contribution in [0.15, 0.2) is 34.7 Å². The molecule has 4 nitrogen and oxygen atoms in total. The number of nitriles is 1. The first kappa shape index (κ1) is 14.8. The molecule has 0 aliphatic heterocycles. The maximum absolute atomic E-state index is 12.3. The first-order valence-corrected chi connectivity index (χ1v) is 8.19. The van der Waals surface area contributed by atoms with E-state index in [0.29, 0.717) is 17.7 Å². The Morgan fingerprint density at radius 2 is 2.20 bits per heavy atom. The highest BCUT2D eigenvalue weighted by Gasteiger charge is 2.17. The molecule has 0 spiro atoms. The molecule has 1 N–H and O–H groups in total. The van der Waals surface area contributed by atoms with E-state index in [1.54, 1.807) is 19.1 Å². The van der Waals surface area contributed by atoms with E-state index >= 15 is 0 Å². The van der Waals surface area contributed by atoms with Gasteiger partial charge < -0.3 is 0 Å². The van der Waals surface area contributed by atoms with Crippen molar-refractivity contribution in [1.82, 2.24) is 4.72 Å². The van der Waals surface area contributed by atoms with Crippen LogP contribution in [0.1, 0.15) is 36.8 Å². The Morgan fingerprint density at radius 1 is 1.40 bits per heavy atom. The van der Waals surface area contributed by atoms with E-state index in [1.165, 1.54) is 18.1 Å². The number of aryl methyl sites for hydroxylation is 1. The minimum atomic E-state index is -3.54. The van der Waals surface area contributed by atoms with Crippen LogP contribution < -0.4 is 4.72 Å². The molecule has 1 aliphatic rings.